The van der Waals surface area contributed by atoms with Gasteiger partial charge in [-0.05, 0) is 60.7 Å². The molecule has 1 aliphatic rings. The van der Waals surface area contributed by atoms with Crippen LogP contribution in [-0.4, -0.2) is 40.7 Å². The van der Waals surface area contributed by atoms with Gasteiger partial charge in [0, 0.05) is 50.6 Å². The Morgan fingerprint density at radius 2 is 1.81 bits per heavy atom. The minimum Gasteiger partial charge on any atom is -0.378 e. The largest absolute Gasteiger partial charge is 0.378 e. The minimum atomic E-state index is 0.0124. The van der Waals surface area contributed by atoms with E-state index in [1.165, 1.54) is 11.4 Å². The van der Waals surface area contributed by atoms with E-state index in [-0.39, 0.29) is 12.1 Å². The van der Waals surface area contributed by atoms with Crippen LogP contribution >= 0.6 is 12.2 Å². The van der Waals surface area contributed by atoms with Crippen molar-refractivity contribution < 1.29 is 0 Å². The molecule has 0 bridgehead atoms. The van der Waals surface area contributed by atoms with Crippen LogP contribution < -0.4 is 10.2 Å². The van der Waals surface area contributed by atoms with Crippen LogP contribution in [0.2, 0.25) is 0 Å². The number of anilines is 1. The van der Waals surface area contributed by atoms with Gasteiger partial charge < -0.3 is 19.7 Å². The lowest BCUT2D eigenvalue weighted by molar-refractivity contribution is 0.357. The highest BCUT2D eigenvalue weighted by Crippen LogP contribution is 2.38. The molecule has 2 aromatic heterocycles. The molecule has 1 aliphatic heterocycles. The van der Waals surface area contributed by atoms with Crippen molar-refractivity contribution >= 4 is 23.0 Å². The van der Waals surface area contributed by atoms with Gasteiger partial charge in [0.2, 0.25) is 0 Å². The van der Waals surface area contributed by atoms with E-state index in [1.807, 2.05) is 45.5 Å². The van der Waals surface area contributed by atoms with Crippen LogP contribution in [0.15, 0.2) is 67.0 Å². The van der Waals surface area contributed by atoms with Crippen LogP contribution in [0.1, 0.15) is 23.5 Å². The first-order valence-corrected chi connectivity index (χ1v) is 9.36. The van der Waals surface area contributed by atoms with Crippen LogP contribution in [0.4, 0.5) is 5.69 Å². The highest BCUT2D eigenvalue weighted by Gasteiger charge is 2.39. The molecule has 1 fully saturated rings. The van der Waals surface area contributed by atoms with E-state index >= 15 is 0 Å². The Labute approximate surface area is 165 Å². The molecule has 3 aromatic rings. The third-order valence-corrected chi connectivity index (χ3v) is 5.47. The molecule has 3 heterocycles. The fraction of sp³-hybridized carbons (Fsp3) is 0.238. The Bertz CT molecular complexity index is 933. The van der Waals surface area contributed by atoms with Gasteiger partial charge in [0.15, 0.2) is 5.11 Å². The Morgan fingerprint density at radius 1 is 1.04 bits per heavy atom. The van der Waals surface area contributed by atoms with Gasteiger partial charge in [0.25, 0.3) is 0 Å². The number of benzene rings is 1. The van der Waals surface area contributed by atoms with Gasteiger partial charge in [-0.25, -0.2) is 0 Å². The normalized spacial score (nSPS) is 19.2. The molecule has 0 radical (unpaired) electrons. The minimum absolute atomic E-state index is 0.0124. The maximum absolute atomic E-state index is 5.55. The number of nitrogens with zero attached hydrogens (tertiary/aromatic N) is 4. The lowest BCUT2D eigenvalue weighted by Gasteiger charge is -2.26. The predicted molar refractivity (Wildman–Crippen MR) is 113 cm³/mol. The summed E-state index contributed by atoms with van der Waals surface area (Å²) < 4.78 is 2.23. The Hall–Kier alpha value is -2.86. The lowest BCUT2D eigenvalue weighted by Crippen LogP contribution is -2.25. The standard InChI is InChI=1S/C21H23N5S/c1-24(2)15-9-11-16(12-10-15)26-14-6-8-18(26)20-19(23-21(27)25(20)3)17-7-4-5-13-22-17/h4-14,19-20H,1-3H3,(H,23,27)/t19-,20+/m0/s1. The van der Waals surface area contributed by atoms with Crippen molar-refractivity contribution in [2.75, 3.05) is 26.0 Å². The van der Waals surface area contributed by atoms with Gasteiger partial charge in [-0.1, -0.05) is 6.07 Å². The summed E-state index contributed by atoms with van der Waals surface area (Å²) in [6, 6.07) is 18.9. The number of thiocarbonyl (C=S) groups is 1. The summed E-state index contributed by atoms with van der Waals surface area (Å²) in [5.41, 5.74) is 4.48. The molecule has 27 heavy (non-hydrogen) atoms. The van der Waals surface area contributed by atoms with Crippen LogP contribution in [0, 0.1) is 0 Å². The van der Waals surface area contributed by atoms with Gasteiger partial charge in [-0.3, -0.25) is 4.98 Å². The van der Waals surface area contributed by atoms with Crippen molar-refractivity contribution in [2.24, 2.45) is 0 Å². The quantitative estimate of drug-likeness (QED) is 0.704. The molecule has 1 saturated heterocycles. The molecule has 0 spiro atoms. The number of hydrogen-bond donors (Lipinski definition) is 1. The molecule has 4 rings (SSSR count). The summed E-state index contributed by atoms with van der Waals surface area (Å²) in [6.45, 7) is 0. The summed E-state index contributed by atoms with van der Waals surface area (Å²) in [7, 11) is 6.14. The maximum Gasteiger partial charge on any atom is 0.169 e. The van der Waals surface area contributed by atoms with Gasteiger partial charge in [0.05, 0.1) is 17.8 Å². The highest BCUT2D eigenvalue weighted by molar-refractivity contribution is 7.80. The SMILES string of the molecule is CN(C)c1ccc(-n2cccc2[C@@H]2[C@H](c3ccccn3)NC(=S)N2C)cc1. The van der Waals surface area contributed by atoms with E-state index in [0.717, 1.165) is 16.5 Å². The molecule has 0 saturated carbocycles. The van der Waals surface area contributed by atoms with E-state index in [1.54, 1.807) is 0 Å². The molecule has 1 aromatic carbocycles. The van der Waals surface area contributed by atoms with Crippen molar-refractivity contribution in [1.29, 1.82) is 0 Å². The Morgan fingerprint density at radius 3 is 2.48 bits per heavy atom. The molecule has 138 valence electrons. The molecule has 0 unspecified atom stereocenters. The smallest absolute Gasteiger partial charge is 0.169 e. The number of likely N-dealkylation sites (N-methyl/N-ethyl adjacent to an activating group) is 1. The van der Waals surface area contributed by atoms with E-state index in [2.05, 4.69) is 67.3 Å². The first-order valence-electron chi connectivity index (χ1n) is 8.95. The van der Waals surface area contributed by atoms with Gasteiger partial charge in [-0.15, -0.1) is 0 Å². The fourth-order valence-corrected chi connectivity index (χ4v) is 3.85. The molecule has 0 aliphatic carbocycles. The van der Waals surface area contributed by atoms with Gasteiger partial charge >= 0.3 is 0 Å². The second-order valence-corrected chi connectivity index (χ2v) is 7.34. The third-order valence-electron chi connectivity index (χ3n) is 5.07. The summed E-state index contributed by atoms with van der Waals surface area (Å²) in [5, 5.41) is 4.18. The van der Waals surface area contributed by atoms with Crippen LogP contribution in [0.5, 0.6) is 0 Å². The molecule has 0 amide bonds. The number of aromatic nitrogens is 2. The average molecular weight is 378 g/mol. The zero-order valence-electron chi connectivity index (χ0n) is 15.7. The number of pyridine rings is 1. The van der Waals surface area contributed by atoms with Gasteiger partial charge in [0.1, 0.15) is 0 Å². The van der Waals surface area contributed by atoms with Crippen LogP contribution in [0.25, 0.3) is 5.69 Å². The monoisotopic (exact) mass is 377 g/mol. The fourth-order valence-electron chi connectivity index (χ4n) is 3.61. The predicted octanol–water partition coefficient (Wildman–Crippen LogP) is 3.54. The summed E-state index contributed by atoms with van der Waals surface area (Å²) >= 11 is 5.55. The van der Waals surface area contributed by atoms with Crippen LogP contribution in [0.3, 0.4) is 0 Å². The van der Waals surface area contributed by atoms with Crippen LogP contribution in [-0.2, 0) is 0 Å². The topological polar surface area (TPSA) is 36.3 Å². The zero-order valence-corrected chi connectivity index (χ0v) is 16.5. The number of rotatable bonds is 4. The van der Waals surface area contributed by atoms with E-state index in [9.17, 15) is 0 Å². The Kier molecular flexibility index (Phi) is 4.58. The second-order valence-electron chi connectivity index (χ2n) is 6.95. The summed E-state index contributed by atoms with van der Waals surface area (Å²) in [6.07, 6.45) is 3.93. The first kappa shape index (κ1) is 17.5. The van der Waals surface area contributed by atoms with Gasteiger partial charge in [-0.2, -0.15) is 0 Å². The first-order chi connectivity index (χ1) is 13.1. The maximum atomic E-state index is 5.55. The lowest BCUT2D eigenvalue weighted by atomic mass is 10.0. The Balaban J connectivity index is 1.74. The van der Waals surface area contributed by atoms with Crippen molar-refractivity contribution in [2.45, 2.75) is 12.1 Å². The van der Waals surface area contributed by atoms with E-state index in [4.69, 9.17) is 12.2 Å². The van der Waals surface area contributed by atoms with E-state index < -0.39 is 0 Å². The molecule has 5 nitrogen and oxygen atoms in total. The summed E-state index contributed by atoms with van der Waals surface area (Å²) in [4.78, 5) is 8.78. The summed E-state index contributed by atoms with van der Waals surface area (Å²) in [5.74, 6) is 0. The third kappa shape index (κ3) is 3.17. The number of nitrogens with one attached hydrogen (secondary N) is 1. The van der Waals surface area contributed by atoms with Crippen molar-refractivity contribution in [3.05, 3.63) is 78.4 Å². The van der Waals surface area contributed by atoms with Crippen molar-refractivity contribution in [3.63, 3.8) is 0 Å². The highest BCUT2D eigenvalue weighted by atomic mass is 32.1. The molecule has 6 heteroatoms. The number of hydrogen-bond acceptors (Lipinski definition) is 3. The van der Waals surface area contributed by atoms with Crippen molar-refractivity contribution in [3.8, 4) is 5.69 Å². The zero-order chi connectivity index (χ0) is 19.0. The van der Waals surface area contributed by atoms with Crippen molar-refractivity contribution in [1.82, 2.24) is 19.8 Å². The van der Waals surface area contributed by atoms with E-state index in [0.29, 0.717) is 0 Å². The molecular formula is C21H23N5S. The molecular weight excluding hydrogens is 354 g/mol. The average Bonchev–Trinajstić information content (AvgIpc) is 3.27. The molecule has 2 atom stereocenters. The molecule has 1 N–H and O–H groups in total. The second kappa shape index (κ2) is 7.04.